The minimum atomic E-state index is -0.559. The highest BCUT2D eigenvalue weighted by atomic mass is 32.2. The van der Waals surface area contributed by atoms with Gasteiger partial charge in [0, 0.05) is 23.4 Å². The maximum Gasteiger partial charge on any atom is 0.157 e. The maximum atomic E-state index is 13.3. The van der Waals surface area contributed by atoms with Crippen molar-refractivity contribution in [2.24, 2.45) is 4.99 Å². The molecule has 0 aromatic heterocycles. The van der Waals surface area contributed by atoms with Crippen molar-refractivity contribution in [3.05, 3.63) is 35.4 Å². The van der Waals surface area contributed by atoms with Crippen molar-refractivity contribution in [1.82, 2.24) is 5.32 Å². The van der Waals surface area contributed by atoms with Crippen molar-refractivity contribution in [3.63, 3.8) is 0 Å². The first-order valence-electron chi connectivity index (χ1n) is 5.03. The Hall–Kier alpha value is -1.10. The molecule has 1 aliphatic heterocycles. The minimum absolute atomic E-state index is 0.244. The normalized spacial score (nSPS) is 22.4. The van der Waals surface area contributed by atoms with Gasteiger partial charge in [0.15, 0.2) is 5.17 Å². The van der Waals surface area contributed by atoms with Crippen LogP contribution in [-0.4, -0.2) is 17.0 Å². The van der Waals surface area contributed by atoms with E-state index >= 15 is 0 Å². The zero-order chi connectivity index (χ0) is 11.5. The molecule has 0 spiro atoms. The molecule has 5 heteroatoms. The predicted molar refractivity (Wildman–Crippen MR) is 62.6 cm³/mol. The molecule has 2 rings (SSSR count). The van der Waals surface area contributed by atoms with Crippen LogP contribution in [0.4, 0.5) is 8.78 Å². The third-order valence-corrected chi connectivity index (χ3v) is 3.44. The molecule has 16 heavy (non-hydrogen) atoms. The molecule has 1 heterocycles. The smallest absolute Gasteiger partial charge is 0.157 e. The first-order chi connectivity index (χ1) is 7.65. The van der Waals surface area contributed by atoms with E-state index in [-0.39, 0.29) is 6.54 Å². The highest BCUT2D eigenvalue weighted by molar-refractivity contribution is 8.14. The van der Waals surface area contributed by atoms with Crippen LogP contribution in [0.15, 0.2) is 23.2 Å². The van der Waals surface area contributed by atoms with E-state index in [1.165, 1.54) is 12.1 Å². The average Bonchev–Trinajstić information content (AvgIpc) is 2.63. The van der Waals surface area contributed by atoms with Crippen molar-refractivity contribution >= 4 is 16.9 Å². The van der Waals surface area contributed by atoms with Crippen molar-refractivity contribution < 1.29 is 8.78 Å². The van der Waals surface area contributed by atoms with Gasteiger partial charge in [0.2, 0.25) is 0 Å². The van der Waals surface area contributed by atoms with Gasteiger partial charge < -0.3 is 5.32 Å². The van der Waals surface area contributed by atoms with Gasteiger partial charge in [-0.3, -0.25) is 4.99 Å². The topological polar surface area (TPSA) is 24.4 Å². The van der Waals surface area contributed by atoms with Crippen LogP contribution in [0.25, 0.3) is 0 Å². The molecule has 0 aliphatic carbocycles. The van der Waals surface area contributed by atoms with Gasteiger partial charge in [0.25, 0.3) is 0 Å². The van der Waals surface area contributed by atoms with Crippen LogP contribution < -0.4 is 5.32 Å². The third kappa shape index (κ3) is 2.72. The number of hydrogen-bond acceptors (Lipinski definition) is 2. The summed E-state index contributed by atoms with van der Waals surface area (Å²) < 4.78 is 25.9. The standard InChI is InChI=1S/C11H12F2N2S/c1-7-6-16-11(15-7)14-5-8-2-3-9(12)4-10(8)13/h2-4,7H,5-6H2,1H3,(H,14,15). The summed E-state index contributed by atoms with van der Waals surface area (Å²) in [5, 5.41) is 4.00. The number of rotatable bonds is 2. The van der Waals surface area contributed by atoms with Crippen LogP contribution in [0, 0.1) is 11.6 Å². The molecule has 1 fully saturated rings. The molecule has 1 aliphatic rings. The molecule has 1 saturated heterocycles. The van der Waals surface area contributed by atoms with E-state index in [4.69, 9.17) is 0 Å². The van der Waals surface area contributed by atoms with Crippen LogP contribution in [0.2, 0.25) is 0 Å². The second-order valence-corrected chi connectivity index (χ2v) is 4.72. The van der Waals surface area contributed by atoms with Crippen molar-refractivity contribution in [3.8, 4) is 0 Å². The van der Waals surface area contributed by atoms with Crippen LogP contribution in [-0.2, 0) is 6.54 Å². The zero-order valence-electron chi connectivity index (χ0n) is 8.84. The van der Waals surface area contributed by atoms with E-state index in [2.05, 4.69) is 17.2 Å². The lowest BCUT2D eigenvalue weighted by atomic mass is 10.2. The summed E-state index contributed by atoms with van der Waals surface area (Å²) in [6.45, 7) is 2.31. The van der Waals surface area contributed by atoms with E-state index in [0.29, 0.717) is 11.6 Å². The fourth-order valence-electron chi connectivity index (χ4n) is 1.40. The number of benzene rings is 1. The first kappa shape index (κ1) is 11.4. The molecule has 1 unspecified atom stereocenters. The average molecular weight is 242 g/mol. The van der Waals surface area contributed by atoms with Gasteiger partial charge in [0.1, 0.15) is 11.6 Å². The van der Waals surface area contributed by atoms with Crippen molar-refractivity contribution in [1.29, 1.82) is 0 Å². The number of amidine groups is 1. The Kier molecular flexibility index (Phi) is 3.43. The molecule has 0 saturated carbocycles. The SMILES string of the molecule is CC1CSC(=NCc2ccc(F)cc2F)N1. The Morgan fingerprint density at radius 1 is 1.50 bits per heavy atom. The number of hydrogen-bond donors (Lipinski definition) is 1. The van der Waals surface area contributed by atoms with Crippen molar-refractivity contribution in [2.75, 3.05) is 5.75 Å². The predicted octanol–water partition coefficient (Wildman–Crippen LogP) is 2.55. The van der Waals surface area contributed by atoms with E-state index in [1.807, 2.05) is 0 Å². The van der Waals surface area contributed by atoms with Gasteiger partial charge in [-0.15, -0.1) is 0 Å². The molecule has 2 nitrogen and oxygen atoms in total. The Morgan fingerprint density at radius 3 is 2.94 bits per heavy atom. The molecule has 0 amide bonds. The van der Waals surface area contributed by atoms with Gasteiger partial charge in [-0.05, 0) is 13.0 Å². The van der Waals surface area contributed by atoms with Gasteiger partial charge in [-0.25, -0.2) is 8.78 Å². The number of thioether (sulfide) groups is 1. The molecular formula is C11H12F2N2S. The molecule has 1 N–H and O–H groups in total. The van der Waals surface area contributed by atoms with Crippen molar-refractivity contribution in [2.45, 2.75) is 19.5 Å². The second kappa shape index (κ2) is 4.82. The lowest BCUT2D eigenvalue weighted by molar-refractivity contribution is 0.572. The summed E-state index contributed by atoms with van der Waals surface area (Å²) in [6.07, 6.45) is 0. The molecule has 0 bridgehead atoms. The summed E-state index contributed by atoms with van der Waals surface area (Å²) in [4.78, 5) is 4.24. The van der Waals surface area contributed by atoms with Gasteiger partial charge in [-0.1, -0.05) is 17.8 Å². The number of halogens is 2. The lowest BCUT2D eigenvalue weighted by Crippen LogP contribution is -2.23. The Morgan fingerprint density at radius 2 is 2.31 bits per heavy atom. The van der Waals surface area contributed by atoms with Crippen LogP contribution in [0.3, 0.4) is 0 Å². The molecule has 1 atom stereocenters. The van der Waals surface area contributed by atoms with Gasteiger partial charge >= 0.3 is 0 Å². The van der Waals surface area contributed by atoms with E-state index in [9.17, 15) is 8.78 Å². The first-order valence-corrected chi connectivity index (χ1v) is 6.01. The number of aliphatic imine (C=N–C) groups is 1. The van der Waals surface area contributed by atoms with Gasteiger partial charge in [-0.2, -0.15) is 0 Å². The van der Waals surface area contributed by atoms with Crippen LogP contribution >= 0.6 is 11.8 Å². The number of nitrogens with zero attached hydrogens (tertiary/aromatic N) is 1. The maximum absolute atomic E-state index is 13.3. The monoisotopic (exact) mass is 242 g/mol. The second-order valence-electron chi connectivity index (χ2n) is 3.71. The summed E-state index contributed by atoms with van der Waals surface area (Å²) in [5.41, 5.74) is 0.413. The number of nitrogens with one attached hydrogen (secondary N) is 1. The quantitative estimate of drug-likeness (QED) is 0.862. The lowest BCUT2D eigenvalue weighted by Gasteiger charge is -2.02. The van der Waals surface area contributed by atoms with Gasteiger partial charge in [0.05, 0.1) is 6.54 Å². The summed E-state index contributed by atoms with van der Waals surface area (Å²) >= 11 is 1.62. The Labute approximate surface area is 97.1 Å². The largest absolute Gasteiger partial charge is 0.362 e. The Balaban J connectivity index is 2.04. The minimum Gasteiger partial charge on any atom is -0.362 e. The summed E-state index contributed by atoms with van der Waals surface area (Å²) in [5.74, 6) is -0.124. The zero-order valence-corrected chi connectivity index (χ0v) is 9.65. The summed E-state index contributed by atoms with van der Waals surface area (Å²) in [6, 6.07) is 3.96. The molecule has 0 radical (unpaired) electrons. The molecule has 86 valence electrons. The molecular weight excluding hydrogens is 230 g/mol. The molecule has 1 aromatic rings. The summed E-state index contributed by atoms with van der Waals surface area (Å²) in [7, 11) is 0. The van der Waals surface area contributed by atoms with E-state index in [1.54, 1.807) is 11.8 Å². The fraction of sp³-hybridized carbons (Fsp3) is 0.364. The highest BCUT2D eigenvalue weighted by Gasteiger charge is 2.15. The highest BCUT2D eigenvalue weighted by Crippen LogP contribution is 2.15. The van der Waals surface area contributed by atoms with Crippen LogP contribution in [0.1, 0.15) is 12.5 Å². The fourth-order valence-corrected chi connectivity index (χ4v) is 2.33. The van der Waals surface area contributed by atoms with Crippen LogP contribution in [0.5, 0.6) is 0 Å². The van der Waals surface area contributed by atoms with E-state index < -0.39 is 11.6 Å². The Bertz CT molecular complexity index is 420. The van der Waals surface area contributed by atoms with E-state index in [0.717, 1.165) is 17.0 Å². The molecule has 1 aromatic carbocycles. The third-order valence-electron chi connectivity index (χ3n) is 2.25.